The molecule has 0 saturated heterocycles. The van der Waals surface area contributed by atoms with E-state index in [1.54, 1.807) is 30.9 Å². The highest BCUT2D eigenvalue weighted by Gasteiger charge is 2.12. The number of nitrogen functional groups attached to an aromatic ring is 1. The molecule has 0 saturated carbocycles. The Kier molecular flexibility index (Phi) is 7.19. The summed E-state index contributed by atoms with van der Waals surface area (Å²) in [5.41, 5.74) is 10.7. The van der Waals surface area contributed by atoms with Gasteiger partial charge in [-0.05, 0) is 34.9 Å². The zero-order chi connectivity index (χ0) is 22.9. The fourth-order valence-corrected chi connectivity index (χ4v) is 3.13. The maximum absolute atomic E-state index is 12.6. The molecule has 8 heteroatoms. The normalized spacial score (nSPS) is 10.5. The molecule has 2 heterocycles. The van der Waals surface area contributed by atoms with Gasteiger partial charge in [-0.15, -0.1) is 0 Å². The van der Waals surface area contributed by atoms with E-state index in [4.69, 9.17) is 10.5 Å². The minimum Gasteiger partial charge on any atom is -0.397 e. The highest BCUT2D eigenvalue weighted by molar-refractivity contribution is 6.03. The number of nitrogens with two attached hydrogens (primary N) is 1. The Morgan fingerprint density at radius 3 is 2.52 bits per heavy atom. The number of benzene rings is 2. The van der Waals surface area contributed by atoms with Crippen LogP contribution in [0.4, 0.5) is 17.1 Å². The first kappa shape index (κ1) is 21.9. The van der Waals surface area contributed by atoms with E-state index in [0.717, 1.165) is 16.7 Å². The Morgan fingerprint density at radius 1 is 0.939 bits per heavy atom. The van der Waals surface area contributed by atoms with Crippen molar-refractivity contribution in [3.8, 4) is 11.1 Å². The number of carbonyl (C=O) groups excluding carboxylic acids is 1. The summed E-state index contributed by atoms with van der Waals surface area (Å²) in [5.74, 6) is -0.379. The van der Waals surface area contributed by atoms with Gasteiger partial charge in [0.2, 0.25) is 5.82 Å². The maximum Gasteiger partial charge on any atom is 0.293 e. The number of nitrogens with one attached hydrogen (secondary N) is 2. The second-order valence-electron chi connectivity index (χ2n) is 7.26. The monoisotopic (exact) mass is 440 g/mol. The van der Waals surface area contributed by atoms with Gasteiger partial charge in [-0.25, -0.2) is 9.97 Å². The molecule has 4 N–H and O–H groups in total. The zero-order valence-corrected chi connectivity index (χ0v) is 17.9. The van der Waals surface area contributed by atoms with Gasteiger partial charge in [0, 0.05) is 18.9 Å². The Labute approximate surface area is 191 Å². The molecule has 2 aromatic heterocycles. The van der Waals surface area contributed by atoms with Gasteiger partial charge in [0.25, 0.3) is 5.91 Å². The molecule has 4 aromatic rings. The summed E-state index contributed by atoms with van der Waals surface area (Å²) in [6.07, 6.45) is 6.63. The smallest absolute Gasteiger partial charge is 0.293 e. The van der Waals surface area contributed by atoms with Crippen molar-refractivity contribution in [2.45, 2.75) is 6.61 Å². The van der Waals surface area contributed by atoms with Gasteiger partial charge in [-0.2, -0.15) is 0 Å². The van der Waals surface area contributed by atoms with Gasteiger partial charge in [-0.3, -0.25) is 9.78 Å². The summed E-state index contributed by atoms with van der Waals surface area (Å²) in [5, 5.41) is 5.96. The molecule has 0 atom stereocenters. The van der Waals surface area contributed by atoms with Crippen molar-refractivity contribution in [1.82, 2.24) is 15.0 Å². The van der Waals surface area contributed by atoms with Gasteiger partial charge in [0.15, 0.2) is 0 Å². The third-order valence-corrected chi connectivity index (χ3v) is 4.83. The number of ether oxygens (including phenoxy) is 1. The molecule has 166 valence electrons. The molecule has 4 rings (SSSR count). The summed E-state index contributed by atoms with van der Waals surface area (Å²) >= 11 is 0. The standard InChI is InChI=1S/C25H24N6O2/c26-22-9-8-20(19-6-2-1-3-7-19)13-23(22)31-25(32)24-29-15-21(16-30-24)28-11-12-33-17-18-5-4-10-27-14-18/h1-10,13-16,28H,11-12,17,26H2,(H,31,32). The molecule has 0 aliphatic rings. The molecular weight excluding hydrogens is 416 g/mol. The predicted octanol–water partition coefficient (Wildman–Crippen LogP) is 4.00. The van der Waals surface area contributed by atoms with E-state index in [1.807, 2.05) is 54.6 Å². The quantitative estimate of drug-likeness (QED) is 0.266. The molecule has 0 radical (unpaired) electrons. The lowest BCUT2D eigenvalue weighted by Crippen LogP contribution is -2.17. The highest BCUT2D eigenvalue weighted by Crippen LogP contribution is 2.27. The van der Waals surface area contributed by atoms with Crippen molar-refractivity contribution in [3.63, 3.8) is 0 Å². The average molecular weight is 441 g/mol. The Balaban J connectivity index is 1.29. The van der Waals surface area contributed by atoms with Crippen molar-refractivity contribution >= 4 is 23.0 Å². The van der Waals surface area contributed by atoms with E-state index < -0.39 is 5.91 Å². The number of anilines is 3. The number of pyridine rings is 1. The number of hydrogen-bond acceptors (Lipinski definition) is 7. The summed E-state index contributed by atoms with van der Waals surface area (Å²) in [6.45, 7) is 1.59. The molecule has 0 spiro atoms. The highest BCUT2D eigenvalue weighted by atomic mass is 16.5. The Hall–Kier alpha value is -4.30. The van der Waals surface area contributed by atoms with Crippen LogP contribution in [0.25, 0.3) is 11.1 Å². The first-order valence-electron chi connectivity index (χ1n) is 10.5. The predicted molar refractivity (Wildman–Crippen MR) is 129 cm³/mol. The number of nitrogens with zero attached hydrogens (tertiary/aromatic N) is 3. The first-order chi connectivity index (χ1) is 16.2. The lowest BCUT2D eigenvalue weighted by Gasteiger charge is -2.11. The van der Waals surface area contributed by atoms with Crippen LogP contribution in [0, 0.1) is 0 Å². The van der Waals surface area contributed by atoms with Crippen LogP contribution < -0.4 is 16.4 Å². The van der Waals surface area contributed by atoms with E-state index in [-0.39, 0.29) is 5.82 Å². The van der Waals surface area contributed by atoms with Gasteiger partial charge < -0.3 is 21.1 Å². The van der Waals surface area contributed by atoms with Gasteiger partial charge in [0.05, 0.1) is 42.7 Å². The van der Waals surface area contributed by atoms with E-state index >= 15 is 0 Å². The molecule has 0 unspecified atom stereocenters. The van der Waals surface area contributed by atoms with Crippen molar-refractivity contribution in [2.75, 3.05) is 29.5 Å². The molecule has 0 aliphatic heterocycles. The van der Waals surface area contributed by atoms with Crippen LogP contribution in [0.1, 0.15) is 16.2 Å². The molecule has 0 bridgehead atoms. The number of hydrogen-bond donors (Lipinski definition) is 3. The van der Waals surface area contributed by atoms with E-state index in [1.165, 1.54) is 0 Å². The fourth-order valence-electron chi connectivity index (χ4n) is 3.13. The van der Waals surface area contributed by atoms with Crippen LogP contribution in [0.5, 0.6) is 0 Å². The van der Waals surface area contributed by atoms with Crippen molar-refractivity contribution in [1.29, 1.82) is 0 Å². The minimum absolute atomic E-state index is 0.0536. The Morgan fingerprint density at radius 2 is 1.76 bits per heavy atom. The molecule has 2 aromatic carbocycles. The topological polar surface area (TPSA) is 115 Å². The molecular formula is C25H24N6O2. The second-order valence-corrected chi connectivity index (χ2v) is 7.26. The van der Waals surface area contributed by atoms with Crippen LogP contribution in [0.15, 0.2) is 85.5 Å². The summed E-state index contributed by atoms with van der Waals surface area (Å²) in [6, 6.07) is 19.2. The van der Waals surface area contributed by atoms with Gasteiger partial charge in [0.1, 0.15) is 0 Å². The van der Waals surface area contributed by atoms with Crippen LogP contribution in [-0.4, -0.2) is 34.0 Å². The van der Waals surface area contributed by atoms with Crippen LogP contribution >= 0.6 is 0 Å². The average Bonchev–Trinajstić information content (AvgIpc) is 2.86. The van der Waals surface area contributed by atoms with Crippen LogP contribution in [0.3, 0.4) is 0 Å². The molecule has 33 heavy (non-hydrogen) atoms. The third kappa shape index (κ3) is 6.11. The van der Waals surface area contributed by atoms with E-state index in [2.05, 4.69) is 25.6 Å². The van der Waals surface area contributed by atoms with E-state index in [0.29, 0.717) is 36.8 Å². The van der Waals surface area contributed by atoms with Crippen LogP contribution in [0.2, 0.25) is 0 Å². The largest absolute Gasteiger partial charge is 0.397 e. The fraction of sp³-hybridized carbons (Fsp3) is 0.120. The lowest BCUT2D eigenvalue weighted by molar-refractivity contribution is 0.101. The lowest BCUT2D eigenvalue weighted by atomic mass is 10.0. The SMILES string of the molecule is Nc1ccc(-c2ccccc2)cc1NC(=O)c1ncc(NCCOCc2cccnc2)cn1. The number of aromatic nitrogens is 3. The molecule has 0 fully saturated rings. The van der Waals surface area contributed by atoms with Crippen molar-refractivity contribution in [3.05, 3.63) is 96.8 Å². The third-order valence-electron chi connectivity index (χ3n) is 4.83. The number of carbonyl (C=O) groups is 1. The number of amides is 1. The van der Waals surface area contributed by atoms with Crippen molar-refractivity contribution < 1.29 is 9.53 Å². The summed E-state index contributed by atoms with van der Waals surface area (Å²) in [7, 11) is 0. The second kappa shape index (κ2) is 10.8. The summed E-state index contributed by atoms with van der Waals surface area (Å²) < 4.78 is 5.60. The molecule has 0 aliphatic carbocycles. The van der Waals surface area contributed by atoms with Gasteiger partial charge >= 0.3 is 0 Å². The zero-order valence-electron chi connectivity index (χ0n) is 17.9. The van der Waals surface area contributed by atoms with E-state index in [9.17, 15) is 4.79 Å². The number of rotatable bonds is 9. The van der Waals surface area contributed by atoms with Crippen molar-refractivity contribution in [2.24, 2.45) is 0 Å². The molecule has 8 nitrogen and oxygen atoms in total. The summed E-state index contributed by atoms with van der Waals surface area (Å²) in [4.78, 5) is 25.0. The van der Waals surface area contributed by atoms with Gasteiger partial charge in [-0.1, -0.05) is 42.5 Å². The first-order valence-corrected chi connectivity index (χ1v) is 10.5. The molecule has 1 amide bonds. The minimum atomic E-state index is -0.432. The van der Waals surface area contributed by atoms with Crippen LogP contribution in [-0.2, 0) is 11.3 Å². The maximum atomic E-state index is 12.6. The Bertz CT molecular complexity index is 1180.